The molecule has 0 radical (unpaired) electrons. The molecule has 48 heavy (non-hydrogen) atoms. The fourth-order valence-corrected chi connectivity index (χ4v) is 8.75. The molecule has 5 heterocycles. The lowest BCUT2D eigenvalue weighted by Gasteiger charge is -2.34. The van der Waals surface area contributed by atoms with E-state index < -0.39 is 11.6 Å². The molecule has 0 spiro atoms. The predicted octanol–water partition coefficient (Wildman–Crippen LogP) is 5.40. The Balaban J connectivity index is 1.13. The highest BCUT2D eigenvalue weighted by Gasteiger charge is 2.48. The van der Waals surface area contributed by atoms with Gasteiger partial charge in [0.1, 0.15) is 22.9 Å². The van der Waals surface area contributed by atoms with Gasteiger partial charge in [-0.1, -0.05) is 18.1 Å². The molecule has 1 saturated carbocycles. The van der Waals surface area contributed by atoms with E-state index in [1.807, 2.05) is 13.0 Å². The van der Waals surface area contributed by atoms with Gasteiger partial charge in [0.25, 0.3) is 0 Å². The number of piperazine rings is 1. The Bertz CT molecular complexity index is 1980. The van der Waals surface area contributed by atoms with Crippen molar-refractivity contribution in [2.45, 2.75) is 44.7 Å². The fraction of sp³-hybridized carbons (Fsp3) is 0.474. The van der Waals surface area contributed by atoms with Crippen LogP contribution in [0.3, 0.4) is 0 Å². The lowest BCUT2D eigenvalue weighted by Crippen LogP contribution is -2.51. The molecule has 2 unspecified atom stereocenters. The molecule has 9 rings (SSSR count). The summed E-state index contributed by atoms with van der Waals surface area (Å²) in [4.78, 5) is 14.1. The van der Waals surface area contributed by atoms with Crippen LogP contribution >= 0.6 is 0 Å². The van der Waals surface area contributed by atoms with Crippen molar-refractivity contribution in [1.29, 1.82) is 0 Å². The summed E-state index contributed by atoms with van der Waals surface area (Å²) < 4.78 is 45.4. The van der Waals surface area contributed by atoms with E-state index in [1.54, 1.807) is 12.1 Å². The topological polar surface area (TPSA) is 83.0 Å². The Kier molecular flexibility index (Phi) is 7.05. The predicted molar refractivity (Wildman–Crippen MR) is 180 cm³/mol. The fourth-order valence-electron chi connectivity index (χ4n) is 8.75. The summed E-state index contributed by atoms with van der Waals surface area (Å²) in [6.07, 6.45) is 10.1. The van der Waals surface area contributed by atoms with Crippen molar-refractivity contribution in [3.63, 3.8) is 0 Å². The molecule has 3 aromatic carbocycles. The second-order valence-electron chi connectivity index (χ2n) is 14.8. The molecule has 4 aromatic rings. The van der Waals surface area contributed by atoms with Crippen molar-refractivity contribution in [2.24, 2.45) is 17.3 Å². The Labute approximate surface area is 278 Å². The molecule has 248 valence electrons. The minimum Gasteiger partial charge on any atom is -0.508 e. The summed E-state index contributed by atoms with van der Waals surface area (Å²) in [6, 6.07) is 8.57. The molecule has 1 aromatic heterocycles. The molecule has 4 saturated heterocycles. The zero-order valence-corrected chi connectivity index (χ0v) is 27.1. The molecule has 4 atom stereocenters. The van der Waals surface area contributed by atoms with Crippen LogP contribution < -0.4 is 15.0 Å². The normalized spacial score (nSPS) is 25.9. The third-order valence-corrected chi connectivity index (χ3v) is 11.4. The highest BCUT2D eigenvalue weighted by atomic mass is 19.1. The SMILES string of the molecule is C#Cc1c(C)ccc2cc(O)cc(-c3c(F)cc4c(N5CC6CCC(C5)N6)nc(OCC5(CN6C[C@H]7COC[C@H]7C6)CC5)nc4c3F)c12. The highest BCUT2D eigenvalue weighted by molar-refractivity contribution is 6.04. The zero-order valence-electron chi connectivity index (χ0n) is 27.1. The van der Waals surface area contributed by atoms with Gasteiger partial charge in [-0.2, -0.15) is 9.97 Å². The molecule has 5 aliphatic rings. The quantitative estimate of drug-likeness (QED) is 0.257. The number of fused-ring (bicyclic) bond motifs is 5. The van der Waals surface area contributed by atoms with Crippen LogP contribution in [0.4, 0.5) is 14.6 Å². The minimum absolute atomic E-state index is 0.0131. The first-order valence-electron chi connectivity index (χ1n) is 17.1. The molecule has 2 bridgehead atoms. The molecule has 8 nitrogen and oxygen atoms in total. The molecule has 2 N–H and O–H groups in total. The molecule has 4 aliphatic heterocycles. The second kappa shape index (κ2) is 11.3. The van der Waals surface area contributed by atoms with Crippen LogP contribution in [0.15, 0.2) is 30.3 Å². The number of hydrogen-bond acceptors (Lipinski definition) is 8. The number of nitrogens with one attached hydrogen (secondary N) is 1. The number of phenolic OH excluding ortho intramolecular Hbond substituents is 1. The number of terminal acetylenes is 1. The number of benzene rings is 3. The van der Waals surface area contributed by atoms with Gasteiger partial charge in [0.15, 0.2) is 5.82 Å². The molecule has 5 fully saturated rings. The first kappa shape index (κ1) is 30.1. The molecular formula is C38H39F2N5O3. The molecule has 1 aliphatic carbocycles. The van der Waals surface area contributed by atoms with Gasteiger partial charge in [-0.25, -0.2) is 8.78 Å². The van der Waals surface area contributed by atoms with Gasteiger partial charge in [0.05, 0.1) is 25.4 Å². The summed E-state index contributed by atoms with van der Waals surface area (Å²) >= 11 is 0. The van der Waals surface area contributed by atoms with Crippen LogP contribution in [0.5, 0.6) is 11.8 Å². The number of ether oxygens (including phenoxy) is 2. The van der Waals surface area contributed by atoms with Crippen LogP contribution in [0, 0.1) is 48.2 Å². The number of aryl methyl sites for hydroxylation is 1. The average Bonchev–Trinajstić information content (AvgIpc) is 3.31. The van der Waals surface area contributed by atoms with Crippen LogP contribution in [-0.2, 0) is 4.74 Å². The number of aromatic nitrogens is 2. The van der Waals surface area contributed by atoms with Gasteiger partial charge < -0.3 is 29.7 Å². The largest absolute Gasteiger partial charge is 0.508 e. The van der Waals surface area contributed by atoms with Gasteiger partial charge in [0, 0.05) is 84.0 Å². The van der Waals surface area contributed by atoms with Gasteiger partial charge in [-0.3, -0.25) is 0 Å². The Morgan fingerprint density at radius 3 is 2.52 bits per heavy atom. The van der Waals surface area contributed by atoms with Gasteiger partial charge >= 0.3 is 6.01 Å². The van der Waals surface area contributed by atoms with Gasteiger partial charge in [-0.05, 0) is 61.8 Å². The second-order valence-corrected chi connectivity index (χ2v) is 14.8. The molecule has 0 amide bonds. The number of nitrogens with zero attached hydrogens (tertiary/aromatic N) is 4. The van der Waals surface area contributed by atoms with E-state index in [-0.39, 0.29) is 45.9 Å². The summed E-state index contributed by atoms with van der Waals surface area (Å²) in [7, 11) is 0. The maximum absolute atomic E-state index is 17.0. The first-order chi connectivity index (χ1) is 23.3. The third-order valence-electron chi connectivity index (χ3n) is 11.4. The number of halogens is 2. The van der Waals surface area contributed by atoms with Crippen LogP contribution in [0.2, 0.25) is 0 Å². The van der Waals surface area contributed by atoms with Crippen molar-refractivity contribution in [2.75, 3.05) is 57.4 Å². The van der Waals surface area contributed by atoms with E-state index in [0.717, 1.165) is 64.1 Å². The van der Waals surface area contributed by atoms with Crippen molar-refractivity contribution >= 4 is 27.5 Å². The Morgan fingerprint density at radius 2 is 1.81 bits per heavy atom. The number of aromatic hydroxyl groups is 1. The van der Waals surface area contributed by atoms with Gasteiger partial charge in [-0.15, -0.1) is 6.42 Å². The lowest BCUT2D eigenvalue weighted by atomic mass is 9.91. The average molecular weight is 652 g/mol. The summed E-state index contributed by atoms with van der Waals surface area (Å²) in [5.74, 6) is 2.69. The number of rotatable bonds is 7. The highest BCUT2D eigenvalue weighted by Crippen LogP contribution is 2.48. The van der Waals surface area contributed by atoms with Crippen molar-refractivity contribution in [3.05, 3.63) is 53.1 Å². The van der Waals surface area contributed by atoms with Crippen LogP contribution in [0.1, 0.15) is 36.8 Å². The van der Waals surface area contributed by atoms with E-state index in [9.17, 15) is 5.11 Å². The summed E-state index contributed by atoms with van der Waals surface area (Å²) in [5.41, 5.74) is 1.21. The van der Waals surface area contributed by atoms with Crippen molar-refractivity contribution in [3.8, 4) is 35.2 Å². The van der Waals surface area contributed by atoms with E-state index >= 15 is 8.78 Å². The Hall–Kier alpha value is -4.04. The number of anilines is 1. The lowest BCUT2D eigenvalue weighted by molar-refractivity contribution is 0.131. The van der Waals surface area contributed by atoms with Crippen molar-refractivity contribution < 1.29 is 23.4 Å². The number of likely N-dealkylation sites (tertiary alicyclic amines) is 1. The van der Waals surface area contributed by atoms with E-state index in [4.69, 9.17) is 20.9 Å². The maximum atomic E-state index is 17.0. The summed E-state index contributed by atoms with van der Waals surface area (Å²) in [5, 5.41) is 15.7. The standard InChI is InChI=1S/C38H39F2N5O3/c1-3-28-21(2)4-5-22-10-27(46)11-29(32(22)28)33-31(39)12-30-35(34(33)40)42-37(43-36(30)45-15-25-6-7-26(16-45)41-25)48-20-38(8-9-38)19-44-13-23-17-47-18-24(23)14-44/h1,4-5,10-12,23-26,41,46H,6-9,13-20H2,2H3/t23-,24+,25?,26?. The Morgan fingerprint density at radius 1 is 1.06 bits per heavy atom. The smallest absolute Gasteiger partial charge is 0.319 e. The zero-order chi connectivity index (χ0) is 32.7. The molecular weight excluding hydrogens is 612 g/mol. The molecule has 10 heteroatoms. The van der Waals surface area contributed by atoms with E-state index in [1.165, 1.54) is 12.1 Å². The van der Waals surface area contributed by atoms with E-state index in [0.29, 0.717) is 59.1 Å². The minimum atomic E-state index is -0.833. The van der Waals surface area contributed by atoms with E-state index in [2.05, 4.69) is 26.0 Å². The monoisotopic (exact) mass is 651 g/mol. The maximum Gasteiger partial charge on any atom is 0.319 e. The summed E-state index contributed by atoms with van der Waals surface area (Å²) in [6.45, 7) is 8.41. The third kappa shape index (κ3) is 5.06. The number of phenols is 1. The first-order valence-corrected chi connectivity index (χ1v) is 17.1. The van der Waals surface area contributed by atoms with Crippen LogP contribution in [0.25, 0.3) is 32.8 Å². The van der Waals surface area contributed by atoms with Gasteiger partial charge in [0.2, 0.25) is 0 Å². The number of hydrogen-bond donors (Lipinski definition) is 2. The van der Waals surface area contributed by atoms with Crippen LogP contribution in [-0.4, -0.2) is 84.6 Å². The van der Waals surface area contributed by atoms with Crippen molar-refractivity contribution in [1.82, 2.24) is 20.2 Å².